The molecule has 0 fully saturated rings. The van der Waals surface area contributed by atoms with Crippen LogP contribution in [0.2, 0.25) is 0 Å². The first kappa shape index (κ1) is 10.7. The second-order valence-corrected chi connectivity index (χ2v) is 4.30. The number of hydrogen-bond donors (Lipinski definition) is 1. The third kappa shape index (κ3) is 2.77. The summed E-state index contributed by atoms with van der Waals surface area (Å²) in [6.07, 6.45) is 0. The lowest BCUT2D eigenvalue weighted by Crippen LogP contribution is -2.33. The topological polar surface area (TPSA) is 42.0 Å². The van der Waals surface area contributed by atoms with E-state index in [-0.39, 0.29) is 11.9 Å². The highest BCUT2D eigenvalue weighted by atomic mass is 79.9. The second kappa shape index (κ2) is 4.72. The number of carbonyl (C=O) groups is 1. The molecule has 1 aromatic rings. The minimum absolute atomic E-state index is 0.0352. The van der Waals surface area contributed by atoms with E-state index in [4.69, 9.17) is 0 Å². The Labute approximate surface area is 89.7 Å². The van der Waals surface area contributed by atoms with Gasteiger partial charge in [0.2, 0.25) is 0 Å². The minimum Gasteiger partial charge on any atom is -0.348 e. The molecule has 0 saturated heterocycles. The van der Waals surface area contributed by atoms with Crippen molar-refractivity contribution < 1.29 is 4.79 Å². The van der Waals surface area contributed by atoms with Crippen LogP contribution < -0.4 is 5.32 Å². The van der Waals surface area contributed by atoms with Gasteiger partial charge in [0, 0.05) is 11.4 Å². The number of thiazole rings is 1. The van der Waals surface area contributed by atoms with E-state index in [9.17, 15) is 4.79 Å². The summed E-state index contributed by atoms with van der Waals surface area (Å²) in [6.45, 7) is 3.78. The fourth-order valence-corrected chi connectivity index (χ4v) is 1.72. The highest BCUT2D eigenvalue weighted by molar-refractivity contribution is 9.09. The summed E-state index contributed by atoms with van der Waals surface area (Å²) in [5.74, 6) is -0.0352. The van der Waals surface area contributed by atoms with Gasteiger partial charge in [0.25, 0.3) is 5.91 Å². The predicted octanol–water partition coefficient (Wildman–Crippen LogP) is 1.96. The van der Waals surface area contributed by atoms with E-state index in [1.807, 2.05) is 13.8 Å². The molecule has 0 radical (unpaired) electrons. The van der Waals surface area contributed by atoms with Crippen molar-refractivity contribution in [1.29, 1.82) is 0 Å². The molecule has 0 spiro atoms. The molecular formula is C8H11BrN2OS. The van der Waals surface area contributed by atoms with Crippen LogP contribution in [0.4, 0.5) is 0 Å². The van der Waals surface area contributed by atoms with Crippen molar-refractivity contribution in [3.63, 3.8) is 0 Å². The fourth-order valence-electron chi connectivity index (χ4n) is 0.848. The number of nitrogens with one attached hydrogen (secondary N) is 1. The molecule has 72 valence electrons. The number of rotatable bonds is 3. The number of carbonyl (C=O) groups excluding carboxylic acids is 1. The molecule has 13 heavy (non-hydrogen) atoms. The molecule has 0 aromatic carbocycles. The molecular weight excluding hydrogens is 252 g/mol. The summed E-state index contributed by atoms with van der Waals surface area (Å²) < 4.78 is 0. The number of aryl methyl sites for hydroxylation is 1. The number of alkyl halides is 1. The summed E-state index contributed by atoms with van der Waals surface area (Å²) >= 11 is 4.67. The lowest BCUT2D eigenvalue weighted by molar-refractivity contribution is 0.0947. The van der Waals surface area contributed by atoms with Crippen molar-refractivity contribution in [1.82, 2.24) is 10.3 Å². The Bertz CT molecular complexity index is 300. The molecule has 1 heterocycles. The molecule has 0 saturated carbocycles. The molecule has 1 amide bonds. The smallest absolute Gasteiger partial charge is 0.263 e. The van der Waals surface area contributed by atoms with E-state index in [0.29, 0.717) is 4.88 Å². The largest absolute Gasteiger partial charge is 0.348 e. The second-order valence-electron chi connectivity index (χ2n) is 2.80. The summed E-state index contributed by atoms with van der Waals surface area (Å²) in [6, 6.07) is 0.147. The quantitative estimate of drug-likeness (QED) is 0.847. The molecule has 5 heteroatoms. The average molecular weight is 263 g/mol. The third-order valence-corrected chi connectivity index (χ3v) is 3.46. The van der Waals surface area contributed by atoms with E-state index in [2.05, 4.69) is 26.2 Å². The third-order valence-electron chi connectivity index (χ3n) is 1.56. The normalized spacial score (nSPS) is 12.5. The van der Waals surface area contributed by atoms with Gasteiger partial charge in [0.15, 0.2) is 0 Å². The van der Waals surface area contributed by atoms with Gasteiger partial charge in [-0.2, -0.15) is 0 Å². The van der Waals surface area contributed by atoms with Crippen LogP contribution >= 0.6 is 27.3 Å². The van der Waals surface area contributed by atoms with Crippen molar-refractivity contribution in [2.24, 2.45) is 0 Å². The van der Waals surface area contributed by atoms with Gasteiger partial charge < -0.3 is 5.32 Å². The van der Waals surface area contributed by atoms with Gasteiger partial charge in [0.1, 0.15) is 4.88 Å². The number of halogens is 1. The van der Waals surface area contributed by atoms with Gasteiger partial charge in [-0.25, -0.2) is 4.98 Å². The number of amides is 1. The number of hydrogen-bond acceptors (Lipinski definition) is 3. The summed E-state index contributed by atoms with van der Waals surface area (Å²) in [4.78, 5) is 16.3. The van der Waals surface area contributed by atoms with Gasteiger partial charge in [-0.3, -0.25) is 4.79 Å². The minimum atomic E-state index is -0.0352. The first-order valence-electron chi connectivity index (χ1n) is 3.92. The Morgan fingerprint density at radius 2 is 2.54 bits per heavy atom. The Morgan fingerprint density at radius 1 is 1.85 bits per heavy atom. The van der Waals surface area contributed by atoms with Crippen LogP contribution in [0.15, 0.2) is 5.51 Å². The molecule has 1 unspecified atom stereocenters. The maximum absolute atomic E-state index is 11.5. The molecule has 1 atom stereocenters. The Kier molecular flexibility index (Phi) is 3.87. The van der Waals surface area contributed by atoms with E-state index >= 15 is 0 Å². The van der Waals surface area contributed by atoms with E-state index in [0.717, 1.165) is 11.0 Å². The summed E-state index contributed by atoms with van der Waals surface area (Å²) in [5, 5.41) is 3.62. The van der Waals surface area contributed by atoms with Crippen molar-refractivity contribution in [2.45, 2.75) is 19.9 Å². The molecule has 0 aliphatic rings. The highest BCUT2D eigenvalue weighted by Gasteiger charge is 2.12. The maximum atomic E-state index is 11.5. The van der Waals surface area contributed by atoms with E-state index in [1.54, 1.807) is 5.51 Å². The molecule has 0 aliphatic carbocycles. The monoisotopic (exact) mass is 262 g/mol. The summed E-state index contributed by atoms with van der Waals surface area (Å²) in [7, 11) is 0. The predicted molar refractivity (Wildman–Crippen MR) is 57.6 cm³/mol. The fraction of sp³-hybridized carbons (Fsp3) is 0.500. The Hall–Kier alpha value is -0.420. The first-order valence-corrected chi connectivity index (χ1v) is 5.92. The molecule has 0 aliphatic heterocycles. The van der Waals surface area contributed by atoms with Crippen LogP contribution in [0.1, 0.15) is 22.3 Å². The van der Waals surface area contributed by atoms with Crippen LogP contribution in [-0.2, 0) is 0 Å². The van der Waals surface area contributed by atoms with Gasteiger partial charge in [0.05, 0.1) is 11.2 Å². The standard InChI is InChI=1S/C8H11BrN2OS/c1-5(3-9)11-8(12)7-6(2)10-4-13-7/h4-5H,3H2,1-2H3,(H,11,12). The molecule has 1 rings (SSSR count). The Balaban J connectivity index is 2.64. The zero-order valence-electron chi connectivity index (χ0n) is 7.50. The van der Waals surface area contributed by atoms with Gasteiger partial charge in [-0.05, 0) is 13.8 Å². The Morgan fingerprint density at radius 3 is 3.00 bits per heavy atom. The molecule has 0 bridgehead atoms. The molecule has 1 aromatic heterocycles. The zero-order chi connectivity index (χ0) is 9.84. The van der Waals surface area contributed by atoms with Crippen LogP contribution in [0.25, 0.3) is 0 Å². The van der Waals surface area contributed by atoms with Crippen LogP contribution in [0, 0.1) is 6.92 Å². The van der Waals surface area contributed by atoms with Crippen LogP contribution in [0.3, 0.4) is 0 Å². The molecule has 3 nitrogen and oxygen atoms in total. The summed E-state index contributed by atoms with van der Waals surface area (Å²) in [5.41, 5.74) is 2.48. The highest BCUT2D eigenvalue weighted by Crippen LogP contribution is 2.11. The average Bonchev–Trinajstić information content (AvgIpc) is 2.51. The first-order chi connectivity index (χ1) is 6.15. The maximum Gasteiger partial charge on any atom is 0.263 e. The lowest BCUT2D eigenvalue weighted by atomic mass is 10.3. The van der Waals surface area contributed by atoms with Gasteiger partial charge in [-0.1, -0.05) is 15.9 Å². The van der Waals surface area contributed by atoms with Gasteiger partial charge in [-0.15, -0.1) is 11.3 Å². The number of nitrogens with zero attached hydrogens (tertiary/aromatic N) is 1. The van der Waals surface area contributed by atoms with Gasteiger partial charge >= 0.3 is 0 Å². The number of aromatic nitrogens is 1. The molecule has 1 N–H and O–H groups in total. The SMILES string of the molecule is Cc1ncsc1C(=O)NC(C)CBr. The van der Waals surface area contributed by atoms with E-state index < -0.39 is 0 Å². The van der Waals surface area contributed by atoms with Crippen LogP contribution in [-0.4, -0.2) is 22.3 Å². The van der Waals surface area contributed by atoms with Crippen molar-refractivity contribution in [3.8, 4) is 0 Å². The van der Waals surface area contributed by atoms with Crippen molar-refractivity contribution >= 4 is 33.2 Å². The van der Waals surface area contributed by atoms with Crippen molar-refractivity contribution in [2.75, 3.05) is 5.33 Å². The lowest BCUT2D eigenvalue weighted by Gasteiger charge is -2.09. The zero-order valence-corrected chi connectivity index (χ0v) is 9.91. The van der Waals surface area contributed by atoms with Crippen LogP contribution in [0.5, 0.6) is 0 Å². The van der Waals surface area contributed by atoms with E-state index in [1.165, 1.54) is 11.3 Å². The van der Waals surface area contributed by atoms with Crippen molar-refractivity contribution in [3.05, 3.63) is 16.1 Å².